The van der Waals surface area contributed by atoms with Crippen molar-refractivity contribution in [2.45, 2.75) is 31.8 Å². The fourth-order valence-electron chi connectivity index (χ4n) is 4.60. The molecule has 0 radical (unpaired) electrons. The largest absolute Gasteiger partial charge is 0.480 e. The average molecular weight is 555 g/mol. The summed E-state index contributed by atoms with van der Waals surface area (Å²) in [6.07, 6.45) is 4.33. The number of carboxylic acid groups (broad SMARTS) is 1. The average Bonchev–Trinajstić information content (AvgIpc) is 2.97. The van der Waals surface area contributed by atoms with Crippen molar-refractivity contribution in [1.29, 1.82) is 0 Å². The molecule has 1 aliphatic rings. The number of carbonyl (C=O) groups is 4. The van der Waals surface area contributed by atoms with Crippen LogP contribution >= 0.6 is 0 Å². The highest BCUT2D eigenvalue weighted by atomic mass is 16.4. The van der Waals surface area contributed by atoms with E-state index in [9.17, 15) is 24.3 Å². The maximum atomic E-state index is 13.3. The monoisotopic (exact) mass is 554 g/mol. The zero-order valence-corrected chi connectivity index (χ0v) is 22.7. The highest BCUT2D eigenvalue weighted by Crippen LogP contribution is 2.29. The Hall–Kier alpha value is -4.76. The van der Waals surface area contributed by atoms with Crippen LogP contribution in [0.25, 0.3) is 12.2 Å². The van der Waals surface area contributed by atoms with Gasteiger partial charge in [-0.2, -0.15) is 0 Å². The molecule has 0 fully saturated rings. The summed E-state index contributed by atoms with van der Waals surface area (Å²) >= 11 is 0. The number of aliphatic carboxylic acids is 1. The lowest BCUT2D eigenvalue weighted by Crippen LogP contribution is -2.46. The quantitative estimate of drug-likeness (QED) is 0.255. The first-order chi connectivity index (χ1) is 19.9. The molecule has 41 heavy (non-hydrogen) atoms. The summed E-state index contributed by atoms with van der Waals surface area (Å²) in [5.41, 5.74) is 4.63. The van der Waals surface area contributed by atoms with Crippen LogP contribution in [0.2, 0.25) is 0 Å². The number of anilines is 1. The number of nitrogens with one attached hydrogen (secondary N) is 3. The van der Waals surface area contributed by atoms with Crippen LogP contribution in [0.5, 0.6) is 0 Å². The molecule has 3 aromatic rings. The fourth-order valence-corrected chi connectivity index (χ4v) is 4.60. The molecule has 4 N–H and O–H groups in total. The van der Waals surface area contributed by atoms with Crippen molar-refractivity contribution in [3.63, 3.8) is 0 Å². The van der Waals surface area contributed by atoms with E-state index in [1.807, 2.05) is 72.8 Å². The molecule has 3 aromatic carbocycles. The van der Waals surface area contributed by atoms with Crippen LogP contribution in [0.15, 0.2) is 78.9 Å². The number of hydrogen-bond acceptors (Lipinski definition) is 5. The Balaban J connectivity index is 1.19. The van der Waals surface area contributed by atoms with Gasteiger partial charge in [0.1, 0.15) is 6.04 Å². The van der Waals surface area contributed by atoms with E-state index in [-0.39, 0.29) is 44.2 Å². The lowest BCUT2D eigenvalue weighted by atomic mass is 10.0. The minimum atomic E-state index is -1.11. The third-order valence-corrected chi connectivity index (χ3v) is 6.75. The van der Waals surface area contributed by atoms with Gasteiger partial charge >= 0.3 is 5.97 Å². The lowest BCUT2D eigenvalue weighted by molar-refractivity contribution is -0.141. The van der Waals surface area contributed by atoms with E-state index in [0.29, 0.717) is 13.1 Å². The van der Waals surface area contributed by atoms with E-state index < -0.39 is 17.9 Å². The number of carbonyl (C=O) groups excluding carboxylic acids is 3. The number of hydrogen-bond donors (Lipinski definition) is 4. The summed E-state index contributed by atoms with van der Waals surface area (Å²) in [7, 11) is 0. The van der Waals surface area contributed by atoms with Crippen molar-refractivity contribution >= 4 is 41.5 Å². The number of para-hydroxylation sites is 1. The molecule has 1 atom stereocenters. The second-order valence-corrected chi connectivity index (χ2v) is 9.75. The summed E-state index contributed by atoms with van der Waals surface area (Å²) in [6, 6.07) is 23.7. The molecule has 212 valence electrons. The molecule has 9 nitrogen and oxygen atoms in total. The van der Waals surface area contributed by atoms with Crippen LogP contribution in [-0.2, 0) is 32.1 Å². The van der Waals surface area contributed by atoms with Crippen LogP contribution in [-0.4, -0.2) is 54.5 Å². The van der Waals surface area contributed by atoms with Crippen molar-refractivity contribution < 1.29 is 24.3 Å². The molecule has 0 bridgehead atoms. The summed E-state index contributed by atoms with van der Waals surface area (Å²) in [4.78, 5) is 51.2. The molecule has 4 rings (SSSR count). The van der Waals surface area contributed by atoms with Gasteiger partial charge in [0.2, 0.25) is 17.7 Å². The molecule has 0 spiro atoms. The van der Waals surface area contributed by atoms with Gasteiger partial charge < -0.3 is 26.0 Å². The number of nitrogens with zero attached hydrogens (tertiary/aromatic N) is 1. The minimum absolute atomic E-state index is 0.0370. The highest BCUT2D eigenvalue weighted by molar-refractivity contribution is 5.98. The van der Waals surface area contributed by atoms with Crippen LogP contribution in [0, 0.1) is 0 Å². The normalized spacial score (nSPS) is 13.5. The highest BCUT2D eigenvalue weighted by Gasteiger charge is 2.22. The second-order valence-electron chi connectivity index (χ2n) is 9.75. The molecule has 0 unspecified atom stereocenters. The molecular weight excluding hydrogens is 520 g/mol. The van der Waals surface area contributed by atoms with Crippen molar-refractivity contribution in [2.24, 2.45) is 0 Å². The van der Waals surface area contributed by atoms with E-state index in [2.05, 4.69) is 22.0 Å². The molecule has 0 aliphatic carbocycles. The molecule has 1 heterocycles. The summed E-state index contributed by atoms with van der Waals surface area (Å²) in [5, 5.41) is 17.6. The van der Waals surface area contributed by atoms with Gasteiger partial charge in [0.05, 0.1) is 18.8 Å². The van der Waals surface area contributed by atoms with E-state index in [1.165, 1.54) is 0 Å². The Bertz CT molecular complexity index is 1410. The zero-order valence-electron chi connectivity index (χ0n) is 22.7. The number of benzene rings is 3. The van der Waals surface area contributed by atoms with Crippen molar-refractivity contribution in [2.75, 3.05) is 24.5 Å². The number of rotatable bonds is 12. The Labute approximate surface area is 239 Å². The summed E-state index contributed by atoms with van der Waals surface area (Å²) in [5.74, 6) is -1.96. The third-order valence-electron chi connectivity index (χ3n) is 6.75. The van der Waals surface area contributed by atoms with Crippen LogP contribution in [0.4, 0.5) is 5.69 Å². The first-order valence-corrected chi connectivity index (χ1v) is 13.6. The molecule has 1 aliphatic heterocycles. The van der Waals surface area contributed by atoms with Gasteiger partial charge in [-0.15, -0.1) is 0 Å². The second kappa shape index (κ2) is 14.6. The van der Waals surface area contributed by atoms with Gasteiger partial charge in [-0.25, -0.2) is 4.79 Å². The zero-order chi connectivity index (χ0) is 29.0. The van der Waals surface area contributed by atoms with E-state index in [0.717, 1.165) is 27.9 Å². The standard InChI is InChI=1S/C32H34N4O5/c37-29(34-19-18-33-21-30(38)35-27(32(40)41)20-23-8-2-1-3-9-23)16-17-31(39)36-22-26-12-5-4-10-24(26)14-15-25-11-6-7-13-28(25)36/h1-15,27,33H,16-22H2,(H,34,37)(H,35,38)(H,40,41)/b15-14-/t27-/m0/s1. The van der Waals surface area contributed by atoms with Gasteiger partial charge in [0, 0.05) is 32.4 Å². The SMILES string of the molecule is O=C(CCC(=O)N1Cc2ccccc2/C=C\c2ccccc21)NCCNCC(=O)N[C@@H](Cc1ccccc1)C(=O)O. The summed E-state index contributed by atoms with van der Waals surface area (Å²) in [6.45, 7) is 0.902. The molecule has 0 saturated carbocycles. The first-order valence-electron chi connectivity index (χ1n) is 13.6. The lowest BCUT2D eigenvalue weighted by Gasteiger charge is -2.27. The maximum absolute atomic E-state index is 13.3. The predicted molar refractivity (Wildman–Crippen MR) is 158 cm³/mol. The van der Waals surface area contributed by atoms with Gasteiger partial charge in [-0.05, 0) is 28.3 Å². The van der Waals surface area contributed by atoms with Crippen molar-refractivity contribution in [3.8, 4) is 0 Å². The Kier molecular flexibility index (Phi) is 10.4. The predicted octanol–water partition coefficient (Wildman–Crippen LogP) is 3.00. The number of fused-ring (bicyclic) bond motifs is 2. The fraction of sp³-hybridized carbons (Fsp3) is 0.250. The van der Waals surface area contributed by atoms with Crippen molar-refractivity contribution in [1.82, 2.24) is 16.0 Å². The minimum Gasteiger partial charge on any atom is -0.480 e. The van der Waals surface area contributed by atoms with Crippen molar-refractivity contribution in [3.05, 3.63) is 101 Å². The molecule has 0 saturated heterocycles. The summed E-state index contributed by atoms with van der Waals surface area (Å²) < 4.78 is 0. The molecule has 9 heteroatoms. The first kappa shape index (κ1) is 29.2. The Morgan fingerprint density at radius 1 is 0.780 bits per heavy atom. The van der Waals surface area contributed by atoms with E-state index in [1.54, 1.807) is 17.0 Å². The van der Waals surface area contributed by atoms with Crippen LogP contribution < -0.4 is 20.9 Å². The number of carboxylic acids is 1. The van der Waals surface area contributed by atoms with Gasteiger partial charge in [0.15, 0.2) is 0 Å². The molecule has 3 amide bonds. The van der Waals surface area contributed by atoms with E-state index >= 15 is 0 Å². The van der Waals surface area contributed by atoms with Gasteiger partial charge in [0.25, 0.3) is 0 Å². The van der Waals surface area contributed by atoms with Crippen LogP contribution in [0.1, 0.15) is 35.1 Å². The Morgan fingerprint density at radius 2 is 1.46 bits per heavy atom. The van der Waals surface area contributed by atoms with Gasteiger partial charge in [-0.1, -0.05) is 84.9 Å². The smallest absolute Gasteiger partial charge is 0.326 e. The topological polar surface area (TPSA) is 128 Å². The third kappa shape index (κ3) is 8.61. The van der Waals surface area contributed by atoms with E-state index in [4.69, 9.17) is 0 Å². The van der Waals surface area contributed by atoms with Crippen LogP contribution in [0.3, 0.4) is 0 Å². The Morgan fingerprint density at radius 3 is 2.24 bits per heavy atom. The molecule has 0 aromatic heterocycles. The maximum Gasteiger partial charge on any atom is 0.326 e. The van der Waals surface area contributed by atoms with Gasteiger partial charge in [-0.3, -0.25) is 14.4 Å². The number of amides is 3. The molecular formula is C32H34N4O5.